The van der Waals surface area contributed by atoms with E-state index < -0.39 is 0 Å². The van der Waals surface area contributed by atoms with Gasteiger partial charge >= 0.3 is 0 Å². The zero-order valence-corrected chi connectivity index (χ0v) is 14.7. The van der Waals surface area contributed by atoms with E-state index in [2.05, 4.69) is 18.3 Å². The number of nitrogens with zero attached hydrogens (tertiary/aromatic N) is 1. The lowest BCUT2D eigenvalue weighted by Gasteiger charge is -2.39. The van der Waals surface area contributed by atoms with Crippen molar-refractivity contribution in [3.05, 3.63) is 23.8 Å². The molecule has 0 spiro atoms. The third-order valence-electron chi connectivity index (χ3n) is 5.12. The van der Waals surface area contributed by atoms with Gasteiger partial charge in [0, 0.05) is 37.7 Å². The number of rotatable bonds is 5. The van der Waals surface area contributed by atoms with Gasteiger partial charge in [-0.15, -0.1) is 0 Å². The number of carbonyl (C=O) groups is 1. The molecule has 1 amide bonds. The molecule has 0 bridgehead atoms. The van der Waals surface area contributed by atoms with Gasteiger partial charge < -0.3 is 19.7 Å². The summed E-state index contributed by atoms with van der Waals surface area (Å²) in [6, 6.07) is 6.51. The molecule has 1 aromatic carbocycles. The quantitative estimate of drug-likeness (QED) is 0.900. The molecule has 1 saturated heterocycles. The van der Waals surface area contributed by atoms with Crippen molar-refractivity contribution < 1.29 is 14.3 Å². The van der Waals surface area contributed by atoms with Crippen molar-refractivity contribution in [2.24, 2.45) is 5.92 Å². The summed E-state index contributed by atoms with van der Waals surface area (Å²) in [5.41, 5.74) is 1.15. The van der Waals surface area contributed by atoms with Crippen LogP contribution in [0.25, 0.3) is 0 Å². The molecule has 0 unspecified atom stereocenters. The zero-order valence-electron chi connectivity index (χ0n) is 14.7. The van der Waals surface area contributed by atoms with Gasteiger partial charge in [-0.25, -0.2) is 0 Å². The second-order valence-electron chi connectivity index (χ2n) is 6.58. The van der Waals surface area contributed by atoms with Crippen molar-refractivity contribution >= 4 is 5.91 Å². The first-order chi connectivity index (χ1) is 11.7. The summed E-state index contributed by atoms with van der Waals surface area (Å²) in [6.45, 7) is 7.87. The Morgan fingerprint density at radius 2 is 2.12 bits per heavy atom. The van der Waals surface area contributed by atoms with Crippen LogP contribution < -0.4 is 14.8 Å². The number of hydrogen-bond donors (Lipinski definition) is 1. The van der Waals surface area contributed by atoms with E-state index in [-0.39, 0.29) is 5.91 Å². The number of carbonyl (C=O) groups excluding carboxylic acids is 1. The average molecular weight is 332 g/mol. The van der Waals surface area contributed by atoms with Gasteiger partial charge in [0.25, 0.3) is 0 Å². The highest BCUT2D eigenvalue weighted by molar-refractivity contribution is 5.75. The van der Waals surface area contributed by atoms with Crippen LogP contribution in [-0.2, 0) is 11.3 Å². The highest BCUT2D eigenvalue weighted by Gasteiger charge is 2.29. The van der Waals surface area contributed by atoms with Gasteiger partial charge in [-0.1, -0.05) is 32.4 Å². The second kappa shape index (κ2) is 7.88. The molecule has 1 aromatic rings. The van der Waals surface area contributed by atoms with Crippen molar-refractivity contribution in [1.29, 1.82) is 0 Å². The summed E-state index contributed by atoms with van der Waals surface area (Å²) in [6.07, 6.45) is 2.69. The Morgan fingerprint density at radius 3 is 2.92 bits per heavy atom. The van der Waals surface area contributed by atoms with E-state index in [0.717, 1.165) is 49.5 Å². The molecule has 0 aliphatic carbocycles. The largest absolute Gasteiger partial charge is 0.486 e. The fourth-order valence-electron chi connectivity index (χ4n) is 3.68. The minimum Gasteiger partial charge on any atom is -0.486 e. The van der Waals surface area contributed by atoms with Gasteiger partial charge in [-0.2, -0.15) is 0 Å². The van der Waals surface area contributed by atoms with Gasteiger partial charge in [0.2, 0.25) is 5.91 Å². The molecule has 2 atom stereocenters. The summed E-state index contributed by atoms with van der Waals surface area (Å²) in [4.78, 5) is 14.0. The van der Waals surface area contributed by atoms with Crippen LogP contribution in [-0.4, -0.2) is 43.2 Å². The van der Waals surface area contributed by atoms with Gasteiger partial charge in [0.05, 0.1) is 0 Å². The number of likely N-dealkylation sites (tertiary alicyclic amines) is 1. The summed E-state index contributed by atoms with van der Waals surface area (Å²) in [5, 5.41) is 3.69. The third kappa shape index (κ3) is 3.66. The number of hydrogen-bond acceptors (Lipinski definition) is 4. The van der Waals surface area contributed by atoms with Crippen LogP contribution in [0, 0.1) is 5.92 Å². The van der Waals surface area contributed by atoms with E-state index in [4.69, 9.17) is 9.47 Å². The molecular weight excluding hydrogens is 304 g/mol. The number of piperidine rings is 1. The van der Waals surface area contributed by atoms with Crippen LogP contribution in [0.3, 0.4) is 0 Å². The molecule has 2 aliphatic rings. The Labute approximate surface area is 144 Å². The molecule has 0 saturated carbocycles. The van der Waals surface area contributed by atoms with E-state index in [0.29, 0.717) is 31.6 Å². The lowest BCUT2D eigenvalue weighted by molar-refractivity contribution is -0.133. The fraction of sp³-hybridized carbons (Fsp3) is 0.632. The summed E-state index contributed by atoms with van der Waals surface area (Å²) >= 11 is 0. The van der Waals surface area contributed by atoms with Crippen LogP contribution in [0.5, 0.6) is 11.5 Å². The van der Waals surface area contributed by atoms with Crippen LogP contribution in [0.4, 0.5) is 0 Å². The van der Waals surface area contributed by atoms with Crippen molar-refractivity contribution in [1.82, 2.24) is 10.2 Å². The molecule has 2 heterocycles. The molecule has 5 heteroatoms. The van der Waals surface area contributed by atoms with Gasteiger partial charge in [0.1, 0.15) is 13.2 Å². The zero-order chi connectivity index (χ0) is 16.9. The Morgan fingerprint density at radius 1 is 1.29 bits per heavy atom. The molecule has 0 radical (unpaired) electrons. The Bertz CT molecular complexity index is 576. The first-order valence-electron chi connectivity index (χ1n) is 9.11. The number of nitrogens with one attached hydrogen (secondary N) is 1. The van der Waals surface area contributed by atoms with E-state index in [1.807, 2.05) is 24.0 Å². The maximum Gasteiger partial charge on any atom is 0.222 e. The number of amides is 1. The first-order valence-corrected chi connectivity index (χ1v) is 9.11. The SMILES string of the molecule is CCC(=O)N1CC[C@@H](NCc2cccc3c2OCCO3)[C@H](CC)C1. The minimum absolute atomic E-state index is 0.273. The lowest BCUT2D eigenvalue weighted by atomic mass is 9.89. The van der Waals surface area contributed by atoms with Crippen LogP contribution >= 0.6 is 0 Å². The van der Waals surface area contributed by atoms with Crippen LogP contribution in [0.1, 0.15) is 38.7 Å². The van der Waals surface area contributed by atoms with Gasteiger partial charge in [0.15, 0.2) is 11.5 Å². The molecule has 5 nitrogen and oxygen atoms in total. The highest BCUT2D eigenvalue weighted by Crippen LogP contribution is 2.33. The molecular formula is C19H28N2O3. The Balaban J connectivity index is 1.61. The normalized spacial score (nSPS) is 23.2. The predicted octanol–water partition coefficient (Wildman–Crippen LogP) is 2.58. The molecule has 0 aromatic heterocycles. The molecule has 1 fully saturated rings. The lowest BCUT2D eigenvalue weighted by Crippen LogP contribution is -2.50. The first kappa shape index (κ1) is 17.1. The van der Waals surface area contributed by atoms with Crippen LogP contribution in [0.2, 0.25) is 0 Å². The summed E-state index contributed by atoms with van der Waals surface area (Å²) < 4.78 is 11.4. The Kier molecular flexibility index (Phi) is 5.61. The van der Waals surface area contributed by atoms with E-state index in [1.54, 1.807) is 0 Å². The number of ether oxygens (including phenoxy) is 2. The number of fused-ring (bicyclic) bond motifs is 1. The number of para-hydroxylation sites is 1. The highest BCUT2D eigenvalue weighted by atomic mass is 16.6. The van der Waals surface area contributed by atoms with E-state index in [1.165, 1.54) is 0 Å². The minimum atomic E-state index is 0.273. The average Bonchev–Trinajstić information content (AvgIpc) is 2.65. The van der Waals surface area contributed by atoms with Crippen molar-refractivity contribution in [2.75, 3.05) is 26.3 Å². The third-order valence-corrected chi connectivity index (χ3v) is 5.12. The summed E-state index contributed by atoms with van der Waals surface area (Å²) in [5.74, 6) is 2.50. The maximum absolute atomic E-state index is 11.9. The topological polar surface area (TPSA) is 50.8 Å². The smallest absolute Gasteiger partial charge is 0.222 e. The maximum atomic E-state index is 11.9. The number of benzene rings is 1. The second-order valence-corrected chi connectivity index (χ2v) is 6.58. The van der Waals surface area contributed by atoms with Crippen molar-refractivity contribution in [2.45, 2.75) is 45.7 Å². The predicted molar refractivity (Wildman–Crippen MR) is 93.3 cm³/mol. The standard InChI is InChI=1S/C19H28N2O3/c1-3-14-13-21(18(22)4-2)9-8-16(14)20-12-15-6-5-7-17-19(15)24-11-10-23-17/h5-7,14,16,20H,3-4,8-13H2,1-2H3/t14-,16-/m1/s1. The van der Waals surface area contributed by atoms with Gasteiger partial charge in [-0.3, -0.25) is 4.79 Å². The monoisotopic (exact) mass is 332 g/mol. The van der Waals surface area contributed by atoms with E-state index >= 15 is 0 Å². The van der Waals surface area contributed by atoms with Gasteiger partial charge in [-0.05, 0) is 18.4 Å². The van der Waals surface area contributed by atoms with Crippen molar-refractivity contribution in [3.63, 3.8) is 0 Å². The molecule has 3 rings (SSSR count). The molecule has 24 heavy (non-hydrogen) atoms. The van der Waals surface area contributed by atoms with Crippen LogP contribution in [0.15, 0.2) is 18.2 Å². The summed E-state index contributed by atoms with van der Waals surface area (Å²) in [7, 11) is 0. The fourth-order valence-corrected chi connectivity index (χ4v) is 3.68. The Hall–Kier alpha value is -1.75. The molecule has 2 aliphatic heterocycles. The molecule has 132 valence electrons. The van der Waals surface area contributed by atoms with E-state index in [9.17, 15) is 4.79 Å². The molecule has 1 N–H and O–H groups in total. The van der Waals surface area contributed by atoms with Crippen molar-refractivity contribution in [3.8, 4) is 11.5 Å².